The molecule has 0 radical (unpaired) electrons. The second-order valence-corrected chi connectivity index (χ2v) is 10.4. The molecule has 4 aromatic rings. The van der Waals surface area contributed by atoms with Gasteiger partial charge in [0.25, 0.3) is 0 Å². The first-order valence-corrected chi connectivity index (χ1v) is 13.5. The van der Waals surface area contributed by atoms with Crippen molar-refractivity contribution in [2.24, 2.45) is 0 Å². The highest BCUT2D eigenvalue weighted by molar-refractivity contribution is 7.80. The molecule has 2 fully saturated rings. The van der Waals surface area contributed by atoms with Gasteiger partial charge in [-0.1, -0.05) is 37.1 Å². The predicted octanol–water partition coefficient (Wildman–Crippen LogP) is 7.58. The summed E-state index contributed by atoms with van der Waals surface area (Å²) in [6, 6.07) is 27.1. The van der Waals surface area contributed by atoms with Gasteiger partial charge in [0.2, 0.25) is 0 Å². The summed E-state index contributed by atoms with van der Waals surface area (Å²) in [5, 5.41) is 4.31. The largest absolute Gasteiger partial charge is 0.457 e. The normalized spacial score (nSPS) is 19.8. The summed E-state index contributed by atoms with van der Waals surface area (Å²) in [6.07, 6.45) is 7.00. The van der Waals surface area contributed by atoms with E-state index in [1.165, 1.54) is 42.6 Å². The van der Waals surface area contributed by atoms with Gasteiger partial charge in [0, 0.05) is 29.3 Å². The van der Waals surface area contributed by atoms with Gasteiger partial charge < -0.3 is 19.5 Å². The van der Waals surface area contributed by atoms with Crippen molar-refractivity contribution >= 4 is 23.0 Å². The zero-order valence-electron chi connectivity index (χ0n) is 21.3. The van der Waals surface area contributed by atoms with Gasteiger partial charge in [-0.25, -0.2) is 0 Å². The molecular formula is C31H32N4OS. The summed E-state index contributed by atoms with van der Waals surface area (Å²) in [4.78, 5) is 6.97. The van der Waals surface area contributed by atoms with Crippen molar-refractivity contribution in [2.45, 2.75) is 57.7 Å². The summed E-state index contributed by atoms with van der Waals surface area (Å²) in [5.74, 6) is 1.62. The van der Waals surface area contributed by atoms with E-state index in [1.54, 1.807) is 0 Å². The Bertz CT molecular complexity index is 1380. The Balaban J connectivity index is 1.39. The molecule has 2 aromatic heterocycles. The van der Waals surface area contributed by atoms with Crippen molar-refractivity contribution in [2.75, 3.05) is 4.90 Å². The number of hydrogen-bond acceptors (Lipinski definition) is 3. The number of aromatic nitrogens is 2. The lowest BCUT2D eigenvalue weighted by atomic mass is 9.96. The highest BCUT2D eigenvalue weighted by Gasteiger charge is 2.42. The third-order valence-corrected chi connectivity index (χ3v) is 8.04. The molecule has 2 aromatic carbocycles. The van der Waals surface area contributed by atoms with Crippen LogP contribution in [0.1, 0.15) is 66.5 Å². The molecule has 6 rings (SSSR count). The molecule has 1 aliphatic heterocycles. The highest BCUT2D eigenvalue weighted by atomic mass is 32.1. The number of nitrogens with one attached hydrogen (secondary N) is 1. The van der Waals surface area contributed by atoms with Gasteiger partial charge in [0.1, 0.15) is 11.5 Å². The fourth-order valence-electron chi connectivity index (χ4n) is 6.07. The van der Waals surface area contributed by atoms with Crippen LogP contribution in [0.3, 0.4) is 0 Å². The summed E-state index contributed by atoms with van der Waals surface area (Å²) >= 11 is 5.95. The maximum atomic E-state index is 6.04. The van der Waals surface area contributed by atoms with Crippen LogP contribution in [0.25, 0.3) is 0 Å². The van der Waals surface area contributed by atoms with Gasteiger partial charge >= 0.3 is 0 Å². The van der Waals surface area contributed by atoms with Crippen LogP contribution in [0.2, 0.25) is 0 Å². The minimum Gasteiger partial charge on any atom is -0.457 e. The summed E-state index contributed by atoms with van der Waals surface area (Å²) in [7, 11) is 0. The van der Waals surface area contributed by atoms with Crippen LogP contribution in [0.5, 0.6) is 11.5 Å². The Labute approximate surface area is 224 Å². The number of aryl methyl sites for hydroxylation is 1. The van der Waals surface area contributed by atoms with Crippen molar-refractivity contribution in [3.05, 3.63) is 108 Å². The molecule has 1 saturated heterocycles. The summed E-state index contributed by atoms with van der Waals surface area (Å²) < 4.78 is 8.60. The zero-order chi connectivity index (χ0) is 25.4. The highest BCUT2D eigenvalue weighted by Crippen LogP contribution is 2.45. The minimum atomic E-state index is -0.0496. The van der Waals surface area contributed by atoms with Crippen molar-refractivity contribution in [1.29, 1.82) is 0 Å². The fraction of sp³-hybridized carbons (Fsp3) is 0.290. The van der Waals surface area contributed by atoms with Crippen LogP contribution in [-0.2, 0) is 0 Å². The standard InChI is InChI=1S/C31H32N4OS/c1-21-20-27(22(2)34(21)23-10-6-7-11-23)30-29(28-14-8-9-19-32-28)33-31(37)35(30)24-15-17-26(18-16-24)36-25-12-4-3-5-13-25/h3-5,8-9,12-20,23,29-30H,6-7,10-11H2,1-2H3,(H,33,37). The van der Waals surface area contributed by atoms with Gasteiger partial charge in [-0.05, 0) is 99.1 Å². The minimum absolute atomic E-state index is 0.00959. The van der Waals surface area contributed by atoms with Crippen molar-refractivity contribution < 1.29 is 4.74 Å². The van der Waals surface area contributed by atoms with Crippen LogP contribution >= 0.6 is 12.2 Å². The van der Waals surface area contributed by atoms with E-state index in [0.717, 1.165) is 22.9 Å². The van der Waals surface area contributed by atoms with Gasteiger partial charge in [-0.2, -0.15) is 0 Å². The number of thiocarbonyl (C=S) groups is 1. The Morgan fingerprint density at radius 3 is 2.30 bits per heavy atom. The lowest BCUT2D eigenvalue weighted by molar-refractivity contribution is 0.482. The maximum absolute atomic E-state index is 6.04. The first-order chi connectivity index (χ1) is 18.1. The van der Waals surface area contributed by atoms with E-state index in [2.05, 4.69) is 52.9 Å². The molecule has 0 spiro atoms. The Kier molecular flexibility index (Phi) is 6.43. The number of pyridine rings is 1. The topological polar surface area (TPSA) is 42.3 Å². The van der Waals surface area contributed by atoms with Crippen LogP contribution in [0.15, 0.2) is 85.1 Å². The average Bonchev–Trinajstić information content (AvgIpc) is 3.63. The average molecular weight is 509 g/mol. The molecule has 5 nitrogen and oxygen atoms in total. The van der Waals surface area contributed by atoms with Crippen molar-refractivity contribution in [3.8, 4) is 11.5 Å². The molecule has 1 saturated carbocycles. The smallest absolute Gasteiger partial charge is 0.174 e. The van der Waals surface area contributed by atoms with Crippen LogP contribution in [-0.4, -0.2) is 14.7 Å². The Hall–Kier alpha value is -3.64. The first-order valence-electron chi connectivity index (χ1n) is 13.1. The predicted molar refractivity (Wildman–Crippen MR) is 152 cm³/mol. The summed E-state index contributed by atoms with van der Waals surface area (Å²) in [5.41, 5.74) is 5.98. The summed E-state index contributed by atoms with van der Waals surface area (Å²) in [6.45, 7) is 4.51. The maximum Gasteiger partial charge on any atom is 0.174 e. The molecule has 6 heteroatoms. The molecule has 3 heterocycles. The second-order valence-electron chi connectivity index (χ2n) is 10.0. The molecule has 0 amide bonds. The second kappa shape index (κ2) is 10.0. The van der Waals surface area contributed by atoms with Gasteiger partial charge in [0.05, 0.1) is 17.8 Å². The zero-order valence-corrected chi connectivity index (χ0v) is 22.1. The van der Waals surface area contributed by atoms with Crippen molar-refractivity contribution in [3.63, 3.8) is 0 Å². The number of rotatable bonds is 6. The number of hydrogen-bond donors (Lipinski definition) is 1. The quantitative estimate of drug-likeness (QED) is 0.272. The lowest BCUT2D eigenvalue weighted by Gasteiger charge is -2.28. The number of anilines is 1. The van der Waals surface area contributed by atoms with E-state index in [9.17, 15) is 0 Å². The third kappa shape index (κ3) is 4.51. The molecule has 2 unspecified atom stereocenters. The van der Waals surface area contributed by atoms with E-state index >= 15 is 0 Å². The van der Waals surface area contributed by atoms with Gasteiger partial charge in [0.15, 0.2) is 5.11 Å². The van der Waals surface area contributed by atoms with Crippen LogP contribution < -0.4 is 15.0 Å². The van der Waals surface area contributed by atoms with E-state index in [-0.39, 0.29) is 12.1 Å². The molecular weight excluding hydrogens is 476 g/mol. The van der Waals surface area contributed by atoms with Crippen molar-refractivity contribution in [1.82, 2.24) is 14.9 Å². The monoisotopic (exact) mass is 508 g/mol. The number of para-hydroxylation sites is 1. The molecule has 188 valence electrons. The number of ether oxygens (including phenoxy) is 1. The van der Waals surface area contributed by atoms with Gasteiger partial charge in [-0.3, -0.25) is 4.98 Å². The molecule has 1 aliphatic carbocycles. The molecule has 2 atom stereocenters. The molecule has 2 aliphatic rings. The Morgan fingerprint density at radius 2 is 1.59 bits per heavy atom. The van der Waals surface area contributed by atoms with E-state index in [4.69, 9.17) is 21.9 Å². The SMILES string of the molecule is Cc1cc(C2C(c3ccccn3)NC(=S)N2c2ccc(Oc3ccccc3)cc2)c(C)n1C1CCCC1. The Morgan fingerprint density at radius 1 is 0.892 bits per heavy atom. The number of benzene rings is 2. The molecule has 0 bridgehead atoms. The third-order valence-electron chi connectivity index (χ3n) is 7.72. The molecule has 1 N–H and O–H groups in total. The van der Waals surface area contributed by atoms with E-state index < -0.39 is 0 Å². The number of nitrogens with zero attached hydrogens (tertiary/aromatic N) is 3. The molecule has 37 heavy (non-hydrogen) atoms. The first kappa shape index (κ1) is 23.7. The fourth-order valence-corrected chi connectivity index (χ4v) is 6.42. The van der Waals surface area contributed by atoms with Gasteiger partial charge in [-0.15, -0.1) is 0 Å². The van der Waals surface area contributed by atoms with Crippen LogP contribution in [0.4, 0.5) is 5.69 Å². The lowest BCUT2D eigenvalue weighted by Crippen LogP contribution is -2.29. The van der Waals surface area contributed by atoms with E-state index in [1.807, 2.05) is 60.8 Å². The van der Waals surface area contributed by atoms with Crippen LogP contribution in [0, 0.1) is 13.8 Å². The van der Waals surface area contributed by atoms with E-state index in [0.29, 0.717) is 11.2 Å².